The summed E-state index contributed by atoms with van der Waals surface area (Å²) in [6.45, 7) is 3.76. The summed E-state index contributed by atoms with van der Waals surface area (Å²) < 4.78 is 37.9. The smallest absolute Gasteiger partial charge is 0.255 e. The standard InChI is InChI=1S/C21H26N2O5S/c1-3-28-17-8-6-7-16(13-17)15-22-21(24)19-14-18(9-10-20(19)27-2)29(25,26)23-11-4-5-12-23/h6-10,13-14H,3-5,11-12,15H2,1-2H3,(H,22,24). The van der Waals surface area contributed by atoms with Crippen molar-refractivity contribution >= 4 is 15.9 Å². The van der Waals surface area contributed by atoms with Gasteiger partial charge in [0.15, 0.2) is 0 Å². The predicted molar refractivity (Wildman–Crippen MR) is 110 cm³/mol. The van der Waals surface area contributed by atoms with Gasteiger partial charge in [0.1, 0.15) is 11.5 Å². The molecule has 0 bridgehead atoms. The van der Waals surface area contributed by atoms with Crippen molar-refractivity contribution in [1.29, 1.82) is 0 Å². The summed E-state index contributed by atoms with van der Waals surface area (Å²) in [7, 11) is -2.17. The molecule has 1 aliphatic rings. The van der Waals surface area contributed by atoms with Gasteiger partial charge in [0, 0.05) is 19.6 Å². The average Bonchev–Trinajstić information content (AvgIpc) is 3.28. The molecule has 3 rings (SSSR count). The van der Waals surface area contributed by atoms with E-state index in [9.17, 15) is 13.2 Å². The Balaban J connectivity index is 1.79. The van der Waals surface area contributed by atoms with E-state index < -0.39 is 15.9 Å². The molecule has 156 valence electrons. The number of ether oxygens (including phenoxy) is 2. The lowest BCUT2D eigenvalue weighted by Gasteiger charge is -2.17. The van der Waals surface area contributed by atoms with E-state index in [0.29, 0.717) is 25.4 Å². The van der Waals surface area contributed by atoms with Crippen LogP contribution in [0.2, 0.25) is 0 Å². The molecule has 1 N–H and O–H groups in total. The summed E-state index contributed by atoms with van der Waals surface area (Å²) in [6.07, 6.45) is 1.70. The number of rotatable bonds is 8. The molecule has 0 aromatic heterocycles. The van der Waals surface area contributed by atoms with Crippen LogP contribution in [0, 0.1) is 0 Å². The minimum atomic E-state index is -3.62. The Bertz CT molecular complexity index is 969. The topological polar surface area (TPSA) is 84.9 Å². The van der Waals surface area contributed by atoms with E-state index in [1.807, 2.05) is 31.2 Å². The Morgan fingerprint density at radius 2 is 1.90 bits per heavy atom. The first kappa shape index (κ1) is 21.1. The number of carbonyl (C=O) groups excluding carboxylic acids is 1. The van der Waals surface area contributed by atoms with Gasteiger partial charge >= 0.3 is 0 Å². The van der Waals surface area contributed by atoms with Crippen LogP contribution in [0.4, 0.5) is 0 Å². The summed E-state index contributed by atoms with van der Waals surface area (Å²) in [6, 6.07) is 11.8. The molecule has 1 aliphatic heterocycles. The Morgan fingerprint density at radius 1 is 1.14 bits per heavy atom. The maximum atomic E-state index is 12.8. The normalized spacial score (nSPS) is 14.6. The third-order valence-electron chi connectivity index (χ3n) is 4.78. The largest absolute Gasteiger partial charge is 0.496 e. The molecular formula is C21H26N2O5S. The maximum Gasteiger partial charge on any atom is 0.255 e. The van der Waals surface area contributed by atoms with E-state index in [1.54, 1.807) is 0 Å². The van der Waals surface area contributed by atoms with E-state index in [-0.39, 0.29) is 17.0 Å². The number of benzene rings is 2. The first-order chi connectivity index (χ1) is 14.0. The second kappa shape index (κ2) is 9.28. The van der Waals surface area contributed by atoms with Gasteiger partial charge in [-0.3, -0.25) is 4.79 Å². The zero-order valence-electron chi connectivity index (χ0n) is 16.7. The van der Waals surface area contributed by atoms with Crippen molar-refractivity contribution in [1.82, 2.24) is 9.62 Å². The number of hydrogen-bond donors (Lipinski definition) is 1. The molecule has 1 fully saturated rings. The van der Waals surface area contributed by atoms with Gasteiger partial charge in [-0.05, 0) is 55.7 Å². The van der Waals surface area contributed by atoms with E-state index in [0.717, 1.165) is 24.2 Å². The quantitative estimate of drug-likeness (QED) is 0.713. The van der Waals surface area contributed by atoms with Crippen LogP contribution >= 0.6 is 0 Å². The molecule has 1 heterocycles. The number of carbonyl (C=O) groups is 1. The highest BCUT2D eigenvalue weighted by atomic mass is 32.2. The third-order valence-corrected chi connectivity index (χ3v) is 6.68. The molecule has 2 aromatic carbocycles. The highest BCUT2D eigenvalue weighted by Crippen LogP contribution is 2.26. The van der Waals surface area contributed by atoms with E-state index in [2.05, 4.69) is 5.32 Å². The van der Waals surface area contributed by atoms with Crippen molar-refractivity contribution in [3.05, 3.63) is 53.6 Å². The van der Waals surface area contributed by atoms with Gasteiger partial charge < -0.3 is 14.8 Å². The molecule has 0 atom stereocenters. The van der Waals surface area contributed by atoms with Crippen LogP contribution in [0.15, 0.2) is 47.4 Å². The minimum absolute atomic E-state index is 0.101. The molecule has 0 unspecified atom stereocenters. The Labute approximate surface area is 171 Å². The van der Waals surface area contributed by atoms with Gasteiger partial charge in [0.2, 0.25) is 10.0 Å². The van der Waals surface area contributed by atoms with Crippen LogP contribution in [0.1, 0.15) is 35.7 Å². The van der Waals surface area contributed by atoms with Crippen molar-refractivity contribution in [3.63, 3.8) is 0 Å². The number of hydrogen-bond acceptors (Lipinski definition) is 5. The Hall–Kier alpha value is -2.58. The molecule has 7 nitrogen and oxygen atoms in total. The number of nitrogens with zero attached hydrogens (tertiary/aromatic N) is 1. The molecule has 2 aromatic rings. The summed E-state index contributed by atoms with van der Waals surface area (Å²) in [5.74, 6) is 0.656. The predicted octanol–water partition coefficient (Wildman–Crippen LogP) is 2.81. The SMILES string of the molecule is CCOc1cccc(CNC(=O)c2cc(S(=O)(=O)N3CCCC3)ccc2OC)c1. The maximum absolute atomic E-state index is 12.8. The lowest BCUT2D eigenvalue weighted by Crippen LogP contribution is -2.28. The summed E-state index contributed by atoms with van der Waals surface area (Å²) in [4.78, 5) is 12.9. The summed E-state index contributed by atoms with van der Waals surface area (Å²) in [5.41, 5.74) is 1.07. The second-order valence-electron chi connectivity index (χ2n) is 6.74. The molecule has 0 saturated carbocycles. The van der Waals surface area contributed by atoms with Gasteiger partial charge in [-0.2, -0.15) is 4.31 Å². The van der Waals surface area contributed by atoms with Gasteiger partial charge in [-0.15, -0.1) is 0 Å². The zero-order chi connectivity index (χ0) is 20.9. The second-order valence-corrected chi connectivity index (χ2v) is 8.67. The molecular weight excluding hydrogens is 392 g/mol. The zero-order valence-corrected chi connectivity index (χ0v) is 17.5. The van der Waals surface area contributed by atoms with E-state index >= 15 is 0 Å². The van der Waals surface area contributed by atoms with Crippen LogP contribution in [-0.4, -0.2) is 45.4 Å². The number of amides is 1. The molecule has 1 saturated heterocycles. The number of nitrogens with one attached hydrogen (secondary N) is 1. The summed E-state index contributed by atoms with van der Waals surface area (Å²) >= 11 is 0. The van der Waals surface area contributed by atoms with Gasteiger partial charge in [0.05, 0.1) is 24.2 Å². The fourth-order valence-corrected chi connectivity index (χ4v) is 4.84. The van der Waals surface area contributed by atoms with Crippen LogP contribution in [-0.2, 0) is 16.6 Å². The summed E-state index contributed by atoms with van der Waals surface area (Å²) in [5, 5.41) is 2.82. The molecule has 0 spiro atoms. The van der Waals surface area contributed by atoms with Crippen LogP contribution in [0.3, 0.4) is 0 Å². The van der Waals surface area contributed by atoms with Crippen LogP contribution < -0.4 is 14.8 Å². The van der Waals surface area contributed by atoms with E-state index in [1.165, 1.54) is 29.6 Å². The third kappa shape index (κ3) is 4.89. The first-order valence-electron chi connectivity index (χ1n) is 9.64. The van der Waals surface area contributed by atoms with Gasteiger partial charge in [-0.1, -0.05) is 12.1 Å². The van der Waals surface area contributed by atoms with Crippen molar-refractivity contribution in [2.24, 2.45) is 0 Å². The fraction of sp³-hybridized carbons (Fsp3) is 0.381. The fourth-order valence-electron chi connectivity index (χ4n) is 3.29. The Kier molecular flexibility index (Phi) is 6.76. The highest BCUT2D eigenvalue weighted by Gasteiger charge is 2.28. The molecule has 0 radical (unpaired) electrons. The van der Waals surface area contributed by atoms with Crippen LogP contribution in [0.25, 0.3) is 0 Å². The van der Waals surface area contributed by atoms with E-state index in [4.69, 9.17) is 9.47 Å². The van der Waals surface area contributed by atoms with Gasteiger partial charge in [0.25, 0.3) is 5.91 Å². The van der Waals surface area contributed by atoms with Crippen molar-refractivity contribution < 1.29 is 22.7 Å². The van der Waals surface area contributed by atoms with Crippen LogP contribution in [0.5, 0.6) is 11.5 Å². The molecule has 29 heavy (non-hydrogen) atoms. The highest BCUT2D eigenvalue weighted by molar-refractivity contribution is 7.89. The first-order valence-corrected chi connectivity index (χ1v) is 11.1. The molecule has 8 heteroatoms. The molecule has 0 aliphatic carbocycles. The number of sulfonamides is 1. The van der Waals surface area contributed by atoms with Crippen molar-refractivity contribution in [2.75, 3.05) is 26.8 Å². The average molecular weight is 419 g/mol. The molecule has 1 amide bonds. The number of methoxy groups -OCH3 is 1. The van der Waals surface area contributed by atoms with Crippen molar-refractivity contribution in [3.8, 4) is 11.5 Å². The Morgan fingerprint density at radius 3 is 2.59 bits per heavy atom. The minimum Gasteiger partial charge on any atom is -0.496 e. The van der Waals surface area contributed by atoms with Crippen molar-refractivity contribution in [2.45, 2.75) is 31.2 Å². The monoisotopic (exact) mass is 418 g/mol. The van der Waals surface area contributed by atoms with Gasteiger partial charge in [-0.25, -0.2) is 8.42 Å². The lowest BCUT2D eigenvalue weighted by atomic mass is 10.1. The lowest BCUT2D eigenvalue weighted by molar-refractivity contribution is 0.0947.